The van der Waals surface area contributed by atoms with Crippen LogP contribution in [0.25, 0.3) is 0 Å². The van der Waals surface area contributed by atoms with Crippen LogP contribution in [0.5, 0.6) is 0 Å². The summed E-state index contributed by atoms with van der Waals surface area (Å²) >= 11 is 0. The molecule has 0 aliphatic rings. The predicted octanol–water partition coefficient (Wildman–Crippen LogP) is 1.41. The molecule has 0 N–H and O–H groups in total. The number of aldehydes is 1. The summed E-state index contributed by atoms with van der Waals surface area (Å²) in [4.78, 5) is 21.2. The highest BCUT2D eigenvalue weighted by Gasteiger charge is 2.03. The molecule has 76 valence electrons. The molecule has 0 atom stereocenters. The molecule has 0 saturated heterocycles. The summed E-state index contributed by atoms with van der Waals surface area (Å²) in [5, 5.41) is 0. The first-order chi connectivity index (χ1) is 7.27. The van der Waals surface area contributed by atoms with Crippen molar-refractivity contribution in [1.29, 1.82) is 0 Å². The molecule has 15 heavy (non-hydrogen) atoms. The van der Waals surface area contributed by atoms with Gasteiger partial charge in [0.25, 0.3) is 0 Å². The number of methoxy groups -OCH3 is 1. The van der Waals surface area contributed by atoms with Gasteiger partial charge < -0.3 is 9.53 Å². The molecule has 1 aromatic carbocycles. The minimum absolute atomic E-state index is 0.197. The monoisotopic (exact) mass is 202 g/mol. The van der Waals surface area contributed by atoms with E-state index in [0.717, 1.165) is 6.29 Å². The van der Waals surface area contributed by atoms with Crippen LogP contribution < -0.4 is 0 Å². The van der Waals surface area contributed by atoms with Crippen molar-refractivity contribution < 1.29 is 14.3 Å². The molecule has 0 aliphatic carbocycles. The fourth-order valence-electron chi connectivity index (χ4n) is 1.04. The molecule has 0 amide bonds. The number of carbonyl (C=O) groups excluding carboxylic acids is 2. The Hall–Kier alpha value is -2.08. The maximum Gasteiger partial charge on any atom is 0.337 e. The number of benzene rings is 1. The Morgan fingerprint density at radius 1 is 1.53 bits per heavy atom. The van der Waals surface area contributed by atoms with Crippen molar-refractivity contribution in [1.82, 2.24) is 0 Å². The second-order valence-corrected chi connectivity index (χ2v) is 2.74. The molecule has 3 heteroatoms. The van der Waals surface area contributed by atoms with E-state index in [1.54, 1.807) is 24.3 Å². The van der Waals surface area contributed by atoms with Crippen LogP contribution in [-0.2, 0) is 9.53 Å². The normalized spacial score (nSPS) is 8.60. The average Bonchev–Trinajstić information content (AvgIpc) is 2.29. The Kier molecular flexibility index (Phi) is 4.11. The van der Waals surface area contributed by atoms with Crippen LogP contribution in [0, 0.1) is 11.8 Å². The van der Waals surface area contributed by atoms with E-state index in [2.05, 4.69) is 16.6 Å². The molecule has 0 fully saturated rings. The molecule has 0 saturated carbocycles. The fourth-order valence-corrected chi connectivity index (χ4v) is 1.04. The van der Waals surface area contributed by atoms with Crippen molar-refractivity contribution in [3.63, 3.8) is 0 Å². The molecule has 0 spiro atoms. The lowest BCUT2D eigenvalue weighted by Crippen LogP contribution is -2.00. The Labute approximate surface area is 88.1 Å². The minimum Gasteiger partial charge on any atom is -0.465 e. The largest absolute Gasteiger partial charge is 0.465 e. The molecule has 0 radical (unpaired) electrons. The first kappa shape index (κ1) is 11.0. The maximum atomic E-state index is 11.2. The van der Waals surface area contributed by atoms with Gasteiger partial charge in [0, 0.05) is 5.56 Å². The van der Waals surface area contributed by atoms with Gasteiger partial charge in [0.1, 0.15) is 6.29 Å². The molecular weight excluding hydrogens is 192 g/mol. The van der Waals surface area contributed by atoms with Gasteiger partial charge in [0.2, 0.25) is 0 Å². The summed E-state index contributed by atoms with van der Waals surface area (Å²) in [6.45, 7) is 0. The zero-order valence-corrected chi connectivity index (χ0v) is 8.32. The van der Waals surface area contributed by atoms with E-state index in [1.165, 1.54) is 7.11 Å². The van der Waals surface area contributed by atoms with Gasteiger partial charge in [-0.3, -0.25) is 0 Å². The quantitative estimate of drug-likeness (QED) is 0.414. The lowest BCUT2D eigenvalue weighted by atomic mass is 10.1. The fraction of sp³-hybridized carbons (Fsp3) is 0.167. The van der Waals surface area contributed by atoms with E-state index in [9.17, 15) is 9.59 Å². The van der Waals surface area contributed by atoms with Gasteiger partial charge in [-0.05, 0) is 18.2 Å². The predicted molar refractivity (Wildman–Crippen MR) is 55.3 cm³/mol. The van der Waals surface area contributed by atoms with Gasteiger partial charge in [-0.2, -0.15) is 0 Å². The van der Waals surface area contributed by atoms with Crippen molar-refractivity contribution in [2.45, 2.75) is 6.42 Å². The van der Waals surface area contributed by atoms with Gasteiger partial charge in [-0.15, -0.1) is 0 Å². The molecule has 1 rings (SSSR count). The Balaban J connectivity index is 2.89. The molecule has 0 bridgehead atoms. The summed E-state index contributed by atoms with van der Waals surface area (Å²) < 4.78 is 4.57. The highest BCUT2D eigenvalue weighted by atomic mass is 16.5. The van der Waals surface area contributed by atoms with Crippen LogP contribution in [0.15, 0.2) is 24.3 Å². The van der Waals surface area contributed by atoms with Crippen molar-refractivity contribution in [3.05, 3.63) is 35.4 Å². The smallest absolute Gasteiger partial charge is 0.337 e. The van der Waals surface area contributed by atoms with Crippen LogP contribution in [0.2, 0.25) is 0 Å². The molecule has 1 aromatic rings. The van der Waals surface area contributed by atoms with E-state index < -0.39 is 5.97 Å². The minimum atomic E-state index is -0.394. The number of hydrogen-bond donors (Lipinski definition) is 0. The highest BCUT2D eigenvalue weighted by Crippen LogP contribution is 2.05. The molecular formula is C12H10O3. The lowest BCUT2D eigenvalue weighted by molar-refractivity contribution is -0.107. The number of esters is 1. The average molecular weight is 202 g/mol. The summed E-state index contributed by atoms with van der Waals surface area (Å²) in [5.74, 6) is 5.05. The third kappa shape index (κ3) is 3.28. The van der Waals surface area contributed by atoms with Crippen LogP contribution in [0.4, 0.5) is 0 Å². The Morgan fingerprint density at radius 2 is 2.33 bits per heavy atom. The zero-order valence-electron chi connectivity index (χ0n) is 8.32. The Morgan fingerprint density at radius 3 is 3.00 bits per heavy atom. The first-order valence-corrected chi connectivity index (χ1v) is 4.39. The molecule has 0 unspecified atom stereocenters. The van der Waals surface area contributed by atoms with E-state index >= 15 is 0 Å². The van der Waals surface area contributed by atoms with E-state index in [4.69, 9.17) is 0 Å². The van der Waals surface area contributed by atoms with E-state index in [-0.39, 0.29) is 6.42 Å². The van der Waals surface area contributed by atoms with Gasteiger partial charge in [0.15, 0.2) is 0 Å². The van der Waals surface area contributed by atoms with Crippen LogP contribution in [-0.4, -0.2) is 19.4 Å². The number of rotatable bonds is 2. The Bertz CT molecular complexity index is 424. The number of ether oxygens (including phenoxy) is 1. The van der Waals surface area contributed by atoms with Crippen molar-refractivity contribution in [2.75, 3.05) is 7.11 Å². The summed E-state index contributed by atoms with van der Waals surface area (Å²) in [7, 11) is 1.33. The number of carbonyl (C=O) groups is 2. The zero-order chi connectivity index (χ0) is 11.1. The highest BCUT2D eigenvalue weighted by molar-refractivity contribution is 5.89. The van der Waals surface area contributed by atoms with Crippen LogP contribution in [0.3, 0.4) is 0 Å². The lowest BCUT2D eigenvalue weighted by Gasteiger charge is -1.98. The molecule has 0 heterocycles. The van der Waals surface area contributed by atoms with E-state index in [1.807, 2.05) is 0 Å². The molecule has 0 aliphatic heterocycles. The van der Waals surface area contributed by atoms with Gasteiger partial charge in [-0.1, -0.05) is 17.9 Å². The standard InChI is InChI=1S/C12H10O3/c1-15-12(14)11-7-4-6-10(9-11)5-2-3-8-13/h4,6-9H,3H2,1H3. The summed E-state index contributed by atoms with van der Waals surface area (Å²) in [5.41, 5.74) is 1.15. The topological polar surface area (TPSA) is 43.4 Å². The van der Waals surface area contributed by atoms with Crippen molar-refractivity contribution in [3.8, 4) is 11.8 Å². The van der Waals surface area contributed by atoms with Crippen molar-refractivity contribution in [2.24, 2.45) is 0 Å². The van der Waals surface area contributed by atoms with Gasteiger partial charge >= 0.3 is 5.97 Å². The second kappa shape index (κ2) is 5.61. The van der Waals surface area contributed by atoms with Crippen LogP contribution in [0.1, 0.15) is 22.3 Å². The first-order valence-electron chi connectivity index (χ1n) is 4.39. The second-order valence-electron chi connectivity index (χ2n) is 2.74. The van der Waals surface area contributed by atoms with Gasteiger partial charge in [0.05, 0.1) is 19.1 Å². The third-order valence-corrected chi connectivity index (χ3v) is 1.70. The summed E-state index contributed by atoms with van der Waals surface area (Å²) in [6.07, 6.45) is 0.930. The maximum absolute atomic E-state index is 11.2. The SMILES string of the molecule is COC(=O)c1cccc(C#CCC=O)c1. The summed E-state index contributed by atoms with van der Waals surface area (Å²) in [6, 6.07) is 6.77. The number of hydrogen-bond acceptors (Lipinski definition) is 3. The van der Waals surface area contributed by atoms with Gasteiger partial charge in [-0.25, -0.2) is 4.79 Å². The molecule has 0 aromatic heterocycles. The third-order valence-electron chi connectivity index (χ3n) is 1.70. The van der Waals surface area contributed by atoms with Crippen molar-refractivity contribution >= 4 is 12.3 Å². The van der Waals surface area contributed by atoms with E-state index in [0.29, 0.717) is 11.1 Å². The molecule has 3 nitrogen and oxygen atoms in total. The van der Waals surface area contributed by atoms with Crippen LogP contribution >= 0.6 is 0 Å².